The molecule has 1 heterocycles. The van der Waals surface area contributed by atoms with Crippen molar-refractivity contribution in [3.63, 3.8) is 0 Å². The number of rotatable bonds is 5. The van der Waals surface area contributed by atoms with E-state index in [9.17, 15) is 18.0 Å². The first-order chi connectivity index (χ1) is 12.1. The Kier molecular flexibility index (Phi) is 6.41. The molecular formula is C18H26N2O5S. The van der Waals surface area contributed by atoms with Crippen molar-refractivity contribution in [1.82, 2.24) is 9.21 Å². The van der Waals surface area contributed by atoms with Crippen molar-refractivity contribution in [2.24, 2.45) is 0 Å². The molecule has 1 amide bonds. The number of likely N-dealkylation sites (tertiary alicyclic amines) is 1. The molecule has 2 rings (SSSR count). The number of amides is 1. The first-order valence-corrected chi connectivity index (χ1v) is 10.1. The van der Waals surface area contributed by atoms with Gasteiger partial charge in [0.05, 0.1) is 10.5 Å². The smallest absolute Gasteiger partial charge is 0.338 e. The summed E-state index contributed by atoms with van der Waals surface area (Å²) in [7, 11) is -0.812. The van der Waals surface area contributed by atoms with Crippen LogP contribution in [0.3, 0.4) is 0 Å². The van der Waals surface area contributed by atoms with Gasteiger partial charge in [-0.25, -0.2) is 17.5 Å². The molecule has 2 atom stereocenters. The van der Waals surface area contributed by atoms with E-state index in [-0.39, 0.29) is 35.1 Å². The normalized spacial score (nSPS) is 20.9. The molecule has 1 aliphatic heterocycles. The maximum Gasteiger partial charge on any atom is 0.338 e. The minimum atomic E-state index is -3.65. The van der Waals surface area contributed by atoms with Gasteiger partial charge >= 0.3 is 5.97 Å². The molecule has 0 spiro atoms. The number of carbonyl (C=O) groups excluding carboxylic acids is 2. The van der Waals surface area contributed by atoms with Crippen molar-refractivity contribution in [3.05, 3.63) is 29.8 Å². The van der Waals surface area contributed by atoms with E-state index in [1.54, 1.807) is 4.90 Å². The Hall–Kier alpha value is -1.93. The second kappa shape index (κ2) is 8.18. The number of carbonyl (C=O) groups is 2. The van der Waals surface area contributed by atoms with Crippen LogP contribution in [0.2, 0.25) is 0 Å². The third-order valence-electron chi connectivity index (χ3n) is 4.66. The van der Waals surface area contributed by atoms with E-state index in [4.69, 9.17) is 4.74 Å². The molecule has 0 aliphatic carbocycles. The Bertz CT molecular complexity index is 766. The molecular weight excluding hydrogens is 356 g/mol. The lowest BCUT2D eigenvalue weighted by Crippen LogP contribution is -2.49. The molecule has 7 nitrogen and oxygen atoms in total. The van der Waals surface area contributed by atoms with E-state index in [1.807, 2.05) is 13.8 Å². The third-order valence-corrected chi connectivity index (χ3v) is 6.47. The van der Waals surface area contributed by atoms with Gasteiger partial charge in [0.15, 0.2) is 6.61 Å². The number of ether oxygens (including phenoxy) is 1. The molecule has 0 bridgehead atoms. The summed E-state index contributed by atoms with van der Waals surface area (Å²) in [5, 5.41) is 0. The number of benzene rings is 1. The Morgan fingerprint density at radius 2 is 1.81 bits per heavy atom. The van der Waals surface area contributed by atoms with Gasteiger partial charge in [-0.2, -0.15) is 0 Å². The van der Waals surface area contributed by atoms with Crippen LogP contribution in [-0.2, 0) is 19.6 Å². The van der Waals surface area contributed by atoms with Crippen molar-refractivity contribution in [1.29, 1.82) is 0 Å². The SMILES string of the molecule is C[C@@H]1CCC[C@@H](C)N1C(=O)COC(=O)c1cccc(S(=O)(=O)N(C)C)c1. The highest BCUT2D eigenvalue weighted by Gasteiger charge is 2.29. The zero-order valence-corrected chi connectivity index (χ0v) is 16.5. The van der Waals surface area contributed by atoms with Crippen molar-refractivity contribution in [2.75, 3.05) is 20.7 Å². The molecule has 144 valence electrons. The van der Waals surface area contributed by atoms with Crippen LogP contribution in [-0.4, -0.2) is 62.3 Å². The monoisotopic (exact) mass is 382 g/mol. The minimum Gasteiger partial charge on any atom is -0.452 e. The van der Waals surface area contributed by atoms with Gasteiger partial charge < -0.3 is 9.64 Å². The Morgan fingerprint density at radius 3 is 2.38 bits per heavy atom. The van der Waals surface area contributed by atoms with Crippen LogP contribution in [0.15, 0.2) is 29.2 Å². The number of esters is 1. The number of sulfonamides is 1. The minimum absolute atomic E-state index is 0.00144. The van der Waals surface area contributed by atoms with Crippen LogP contribution >= 0.6 is 0 Å². The second-order valence-corrected chi connectivity index (χ2v) is 8.97. The lowest BCUT2D eigenvalue weighted by Gasteiger charge is -2.38. The number of piperidine rings is 1. The lowest BCUT2D eigenvalue weighted by molar-refractivity contribution is -0.140. The predicted octanol–water partition coefficient (Wildman–Crippen LogP) is 1.88. The Morgan fingerprint density at radius 1 is 1.19 bits per heavy atom. The van der Waals surface area contributed by atoms with Gasteiger partial charge in [0.25, 0.3) is 5.91 Å². The van der Waals surface area contributed by atoms with Crippen molar-refractivity contribution in [2.45, 2.75) is 50.1 Å². The fourth-order valence-electron chi connectivity index (χ4n) is 3.19. The average Bonchev–Trinajstić information content (AvgIpc) is 2.59. The highest BCUT2D eigenvalue weighted by atomic mass is 32.2. The van der Waals surface area contributed by atoms with Gasteiger partial charge in [0.2, 0.25) is 10.0 Å². The molecule has 0 saturated carbocycles. The van der Waals surface area contributed by atoms with Gasteiger partial charge in [-0.05, 0) is 51.3 Å². The molecule has 1 aliphatic rings. The summed E-state index contributed by atoms with van der Waals surface area (Å²) in [5.74, 6) is -0.943. The number of hydrogen-bond acceptors (Lipinski definition) is 5. The fraction of sp³-hybridized carbons (Fsp3) is 0.556. The van der Waals surface area contributed by atoms with Crippen molar-refractivity contribution >= 4 is 21.9 Å². The summed E-state index contributed by atoms with van der Waals surface area (Å²) in [6.07, 6.45) is 2.96. The fourth-order valence-corrected chi connectivity index (χ4v) is 4.14. The van der Waals surface area contributed by atoms with Crippen molar-refractivity contribution in [3.8, 4) is 0 Å². The van der Waals surface area contributed by atoms with Gasteiger partial charge in [0, 0.05) is 26.2 Å². The highest BCUT2D eigenvalue weighted by molar-refractivity contribution is 7.89. The predicted molar refractivity (Wildman–Crippen MR) is 97.2 cm³/mol. The van der Waals surface area contributed by atoms with Crippen LogP contribution in [0.5, 0.6) is 0 Å². The zero-order valence-electron chi connectivity index (χ0n) is 15.6. The maximum absolute atomic E-state index is 12.4. The maximum atomic E-state index is 12.4. The molecule has 0 N–H and O–H groups in total. The Balaban J connectivity index is 2.05. The molecule has 1 fully saturated rings. The summed E-state index contributed by atoms with van der Waals surface area (Å²) in [4.78, 5) is 26.4. The summed E-state index contributed by atoms with van der Waals surface area (Å²) < 4.78 is 30.5. The van der Waals surface area contributed by atoms with E-state index in [0.29, 0.717) is 0 Å². The van der Waals surface area contributed by atoms with Crippen LogP contribution in [0, 0.1) is 0 Å². The third kappa shape index (κ3) is 4.42. The first-order valence-electron chi connectivity index (χ1n) is 8.65. The van der Waals surface area contributed by atoms with Crippen LogP contribution in [0.1, 0.15) is 43.5 Å². The van der Waals surface area contributed by atoms with Crippen LogP contribution in [0.4, 0.5) is 0 Å². The molecule has 0 radical (unpaired) electrons. The Labute approximate surface area is 155 Å². The number of nitrogens with zero attached hydrogens (tertiary/aromatic N) is 2. The van der Waals surface area contributed by atoms with Crippen LogP contribution in [0.25, 0.3) is 0 Å². The zero-order chi connectivity index (χ0) is 19.5. The lowest BCUT2D eigenvalue weighted by atomic mass is 9.97. The number of hydrogen-bond donors (Lipinski definition) is 0. The standard InChI is InChI=1S/C18H26N2O5S/c1-13-7-5-8-14(2)20(13)17(21)12-25-18(22)15-9-6-10-16(11-15)26(23,24)19(3)4/h6,9-11,13-14H,5,7-8,12H2,1-4H3/t13-,14-/m1/s1. The van der Waals surface area contributed by atoms with E-state index in [1.165, 1.54) is 38.4 Å². The topological polar surface area (TPSA) is 84.0 Å². The molecule has 1 saturated heterocycles. The highest BCUT2D eigenvalue weighted by Crippen LogP contribution is 2.22. The van der Waals surface area contributed by atoms with Gasteiger partial charge in [-0.1, -0.05) is 6.07 Å². The summed E-state index contributed by atoms with van der Waals surface area (Å²) in [6, 6.07) is 5.86. The van der Waals surface area contributed by atoms with E-state index in [2.05, 4.69) is 0 Å². The largest absolute Gasteiger partial charge is 0.452 e. The van der Waals surface area contributed by atoms with Gasteiger partial charge in [-0.3, -0.25) is 4.79 Å². The van der Waals surface area contributed by atoms with Crippen molar-refractivity contribution < 1.29 is 22.7 Å². The summed E-state index contributed by atoms with van der Waals surface area (Å²) in [5.41, 5.74) is 0.0977. The van der Waals surface area contributed by atoms with E-state index < -0.39 is 16.0 Å². The summed E-state index contributed by atoms with van der Waals surface area (Å²) >= 11 is 0. The van der Waals surface area contributed by atoms with Gasteiger partial charge in [-0.15, -0.1) is 0 Å². The molecule has 26 heavy (non-hydrogen) atoms. The first kappa shape index (κ1) is 20.4. The molecule has 0 unspecified atom stereocenters. The average molecular weight is 382 g/mol. The summed E-state index contributed by atoms with van der Waals surface area (Å²) in [6.45, 7) is 3.63. The molecule has 1 aromatic carbocycles. The van der Waals surface area contributed by atoms with Crippen LogP contribution < -0.4 is 0 Å². The second-order valence-electron chi connectivity index (χ2n) is 6.82. The molecule has 8 heteroatoms. The quantitative estimate of drug-likeness (QED) is 0.726. The van der Waals surface area contributed by atoms with Gasteiger partial charge in [0.1, 0.15) is 0 Å². The molecule has 0 aromatic heterocycles. The van der Waals surface area contributed by atoms with E-state index in [0.717, 1.165) is 23.6 Å². The van der Waals surface area contributed by atoms with E-state index >= 15 is 0 Å². The molecule has 1 aromatic rings.